The second-order valence-corrected chi connectivity index (χ2v) is 2.69. The van der Waals surface area contributed by atoms with Gasteiger partial charge in [0.1, 0.15) is 5.82 Å². The number of benzene rings is 1. The van der Waals surface area contributed by atoms with E-state index in [2.05, 4.69) is 0 Å². The van der Waals surface area contributed by atoms with E-state index in [0.29, 0.717) is 12.1 Å². The molecule has 68 valence electrons. The molecule has 0 atom stereocenters. The van der Waals surface area contributed by atoms with Crippen molar-refractivity contribution in [3.05, 3.63) is 47.9 Å². The zero-order valence-corrected chi connectivity index (χ0v) is 7.13. The Kier molecular flexibility index (Phi) is 3.20. The van der Waals surface area contributed by atoms with Crippen molar-refractivity contribution in [1.29, 1.82) is 5.41 Å². The van der Waals surface area contributed by atoms with E-state index in [0.717, 1.165) is 5.56 Å². The van der Waals surface area contributed by atoms with Crippen LogP contribution in [0.4, 0.5) is 4.39 Å². The Morgan fingerprint density at radius 2 is 2.00 bits per heavy atom. The zero-order valence-electron chi connectivity index (χ0n) is 7.13. The van der Waals surface area contributed by atoms with Gasteiger partial charge in [0.15, 0.2) is 0 Å². The molecular formula is C10H11FN2. The average Bonchev–Trinajstić information content (AvgIpc) is 2.09. The van der Waals surface area contributed by atoms with E-state index >= 15 is 0 Å². The number of nitrogens with two attached hydrogens (primary N) is 1. The standard InChI is InChI=1S/C10H11FN2/c11-9-3-1-8(2-4-9)7-10(13)5-6-12/h1-6,13H,7,12H2/b6-5-,13-10?. The Morgan fingerprint density at radius 3 is 2.54 bits per heavy atom. The summed E-state index contributed by atoms with van der Waals surface area (Å²) < 4.78 is 12.5. The fourth-order valence-electron chi connectivity index (χ4n) is 0.997. The lowest BCUT2D eigenvalue weighted by molar-refractivity contribution is 0.627. The van der Waals surface area contributed by atoms with Gasteiger partial charge in [-0.15, -0.1) is 0 Å². The molecule has 0 unspecified atom stereocenters. The van der Waals surface area contributed by atoms with Crippen LogP contribution in [0.3, 0.4) is 0 Å². The minimum atomic E-state index is -0.260. The summed E-state index contributed by atoms with van der Waals surface area (Å²) in [6.07, 6.45) is 3.32. The molecule has 0 aliphatic rings. The molecule has 0 heterocycles. The van der Waals surface area contributed by atoms with Gasteiger partial charge < -0.3 is 11.1 Å². The molecule has 0 amide bonds. The first-order valence-electron chi connectivity index (χ1n) is 3.92. The van der Waals surface area contributed by atoms with Crippen LogP contribution in [0.25, 0.3) is 0 Å². The van der Waals surface area contributed by atoms with E-state index in [1.54, 1.807) is 12.1 Å². The largest absolute Gasteiger partial charge is 0.405 e. The van der Waals surface area contributed by atoms with Crippen LogP contribution in [0.15, 0.2) is 36.5 Å². The fourth-order valence-corrected chi connectivity index (χ4v) is 0.997. The molecule has 0 bridgehead atoms. The van der Waals surface area contributed by atoms with Gasteiger partial charge in [0.05, 0.1) is 0 Å². The molecule has 0 aliphatic heterocycles. The van der Waals surface area contributed by atoms with Gasteiger partial charge in [-0.3, -0.25) is 0 Å². The quantitative estimate of drug-likeness (QED) is 0.682. The van der Waals surface area contributed by atoms with E-state index in [1.165, 1.54) is 24.4 Å². The molecule has 1 aromatic carbocycles. The van der Waals surface area contributed by atoms with Crippen molar-refractivity contribution in [2.45, 2.75) is 6.42 Å². The maximum atomic E-state index is 12.5. The van der Waals surface area contributed by atoms with Crippen LogP contribution in [0.2, 0.25) is 0 Å². The van der Waals surface area contributed by atoms with Gasteiger partial charge in [0.2, 0.25) is 0 Å². The predicted octanol–water partition coefficient (Wildman–Crippen LogP) is 1.86. The lowest BCUT2D eigenvalue weighted by Gasteiger charge is -1.98. The molecule has 0 aromatic heterocycles. The van der Waals surface area contributed by atoms with Gasteiger partial charge in [0, 0.05) is 12.1 Å². The van der Waals surface area contributed by atoms with Crippen molar-refractivity contribution in [3.8, 4) is 0 Å². The Bertz CT molecular complexity index is 314. The molecule has 3 N–H and O–H groups in total. The van der Waals surface area contributed by atoms with Gasteiger partial charge in [-0.25, -0.2) is 4.39 Å². The lowest BCUT2D eigenvalue weighted by Crippen LogP contribution is -1.98. The Morgan fingerprint density at radius 1 is 1.38 bits per heavy atom. The van der Waals surface area contributed by atoms with Gasteiger partial charge in [-0.2, -0.15) is 0 Å². The fraction of sp³-hybridized carbons (Fsp3) is 0.100. The van der Waals surface area contributed by atoms with Gasteiger partial charge >= 0.3 is 0 Å². The molecule has 0 radical (unpaired) electrons. The highest BCUT2D eigenvalue weighted by atomic mass is 19.1. The summed E-state index contributed by atoms with van der Waals surface area (Å²) >= 11 is 0. The van der Waals surface area contributed by atoms with Crippen LogP contribution >= 0.6 is 0 Å². The highest BCUT2D eigenvalue weighted by Crippen LogP contribution is 2.04. The molecular weight excluding hydrogens is 167 g/mol. The minimum Gasteiger partial charge on any atom is -0.405 e. The topological polar surface area (TPSA) is 49.9 Å². The van der Waals surface area contributed by atoms with Crippen LogP contribution in [0.1, 0.15) is 5.56 Å². The van der Waals surface area contributed by atoms with Crippen LogP contribution in [-0.2, 0) is 6.42 Å². The van der Waals surface area contributed by atoms with Crippen LogP contribution in [0.5, 0.6) is 0 Å². The molecule has 0 fully saturated rings. The number of allylic oxidation sites excluding steroid dienone is 1. The van der Waals surface area contributed by atoms with Gasteiger partial charge in [0.25, 0.3) is 0 Å². The van der Waals surface area contributed by atoms with E-state index in [1.807, 2.05) is 0 Å². The SMILES string of the molecule is N=C(/C=C\N)Cc1ccc(F)cc1. The predicted molar refractivity (Wildman–Crippen MR) is 51.2 cm³/mol. The summed E-state index contributed by atoms with van der Waals surface area (Å²) in [7, 11) is 0. The third-order valence-electron chi connectivity index (χ3n) is 1.61. The van der Waals surface area contributed by atoms with Crippen LogP contribution in [0, 0.1) is 11.2 Å². The monoisotopic (exact) mass is 178 g/mol. The molecule has 0 saturated carbocycles. The summed E-state index contributed by atoms with van der Waals surface area (Å²) in [6, 6.07) is 6.09. The van der Waals surface area contributed by atoms with E-state index in [-0.39, 0.29) is 5.82 Å². The molecule has 0 saturated heterocycles. The van der Waals surface area contributed by atoms with Crippen LogP contribution in [-0.4, -0.2) is 5.71 Å². The smallest absolute Gasteiger partial charge is 0.123 e. The normalized spacial score (nSPS) is 10.5. The molecule has 0 spiro atoms. The van der Waals surface area contributed by atoms with E-state index in [9.17, 15) is 4.39 Å². The Labute approximate surface area is 76.4 Å². The summed E-state index contributed by atoms with van der Waals surface area (Å²) in [5.74, 6) is -0.260. The van der Waals surface area contributed by atoms with E-state index in [4.69, 9.17) is 11.1 Å². The van der Waals surface area contributed by atoms with Crippen molar-refractivity contribution in [2.24, 2.45) is 5.73 Å². The molecule has 2 nitrogen and oxygen atoms in total. The molecule has 13 heavy (non-hydrogen) atoms. The summed E-state index contributed by atoms with van der Waals surface area (Å²) in [6.45, 7) is 0. The maximum Gasteiger partial charge on any atom is 0.123 e. The first kappa shape index (κ1) is 9.45. The van der Waals surface area contributed by atoms with Crippen molar-refractivity contribution in [1.82, 2.24) is 0 Å². The van der Waals surface area contributed by atoms with Gasteiger partial charge in [-0.1, -0.05) is 12.1 Å². The molecule has 1 aromatic rings. The highest BCUT2D eigenvalue weighted by Gasteiger charge is 1.96. The van der Waals surface area contributed by atoms with E-state index < -0.39 is 0 Å². The van der Waals surface area contributed by atoms with Crippen molar-refractivity contribution in [3.63, 3.8) is 0 Å². The maximum absolute atomic E-state index is 12.5. The Balaban J connectivity index is 2.64. The second-order valence-electron chi connectivity index (χ2n) is 2.69. The number of nitrogens with one attached hydrogen (secondary N) is 1. The summed E-state index contributed by atoms with van der Waals surface area (Å²) in [5, 5.41) is 7.42. The number of rotatable bonds is 3. The molecule has 1 rings (SSSR count). The molecule has 3 heteroatoms. The second kappa shape index (κ2) is 4.40. The third kappa shape index (κ3) is 3.07. The average molecular weight is 178 g/mol. The number of hydrogen-bond acceptors (Lipinski definition) is 2. The van der Waals surface area contributed by atoms with Gasteiger partial charge in [-0.05, 0) is 30.0 Å². The summed E-state index contributed by atoms with van der Waals surface area (Å²) in [4.78, 5) is 0. The summed E-state index contributed by atoms with van der Waals surface area (Å²) in [5.41, 5.74) is 6.44. The Hall–Kier alpha value is -1.64. The zero-order chi connectivity index (χ0) is 9.68. The number of halogens is 1. The van der Waals surface area contributed by atoms with Crippen molar-refractivity contribution in [2.75, 3.05) is 0 Å². The third-order valence-corrected chi connectivity index (χ3v) is 1.61. The minimum absolute atomic E-state index is 0.260. The number of hydrogen-bond donors (Lipinski definition) is 2. The van der Waals surface area contributed by atoms with Crippen LogP contribution < -0.4 is 5.73 Å². The first-order valence-corrected chi connectivity index (χ1v) is 3.92. The molecule has 0 aliphatic carbocycles. The first-order chi connectivity index (χ1) is 6.22. The highest BCUT2D eigenvalue weighted by molar-refractivity contribution is 5.93. The van der Waals surface area contributed by atoms with Crippen molar-refractivity contribution < 1.29 is 4.39 Å². The lowest BCUT2D eigenvalue weighted by atomic mass is 10.1. The van der Waals surface area contributed by atoms with Crippen molar-refractivity contribution >= 4 is 5.71 Å².